The molecule has 8 heteroatoms. The molecule has 4 aromatic rings. The van der Waals surface area contributed by atoms with Gasteiger partial charge in [0, 0.05) is 56.4 Å². The molecule has 1 amide bonds. The number of hydrogen-bond acceptors (Lipinski definition) is 5. The lowest BCUT2D eigenvalue weighted by molar-refractivity contribution is -0.0606. The fourth-order valence-electron chi connectivity index (χ4n) is 6.29. The molecule has 1 saturated carbocycles. The summed E-state index contributed by atoms with van der Waals surface area (Å²) in [5, 5.41) is 1.11. The van der Waals surface area contributed by atoms with Crippen molar-refractivity contribution >= 4 is 28.0 Å². The Balaban J connectivity index is 1.28. The van der Waals surface area contributed by atoms with Gasteiger partial charge in [0.15, 0.2) is 5.82 Å². The van der Waals surface area contributed by atoms with Gasteiger partial charge in [-0.1, -0.05) is 0 Å². The maximum absolute atomic E-state index is 13.6. The molecule has 1 aromatic carbocycles. The van der Waals surface area contributed by atoms with Crippen LogP contribution in [0.3, 0.4) is 0 Å². The zero-order valence-electron chi connectivity index (χ0n) is 21.5. The Kier molecular flexibility index (Phi) is 5.46. The Morgan fingerprint density at radius 3 is 2.92 bits per heavy atom. The molecule has 192 valence electrons. The van der Waals surface area contributed by atoms with Gasteiger partial charge in [-0.15, -0.1) is 0 Å². The van der Waals surface area contributed by atoms with E-state index in [0.717, 1.165) is 79.1 Å². The summed E-state index contributed by atoms with van der Waals surface area (Å²) in [6.07, 6.45) is 7.79. The highest BCUT2D eigenvalue weighted by atomic mass is 16.5. The van der Waals surface area contributed by atoms with Crippen LogP contribution in [0.2, 0.25) is 0 Å². The number of nitrogens with zero attached hydrogens (tertiary/aromatic N) is 5. The van der Waals surface area contributed by atoms with Gasteiger partial charge in [0.25, 0.3) is 5.91 Å². The molecule has 0 N–H and O–H groups in total. The number of fused-ring (bicyclic) bond motifs is 3. The van der Waals surface area contributed by atoms with Crippen molar-refractivity contribution in [3.8, 4) is 17.3 Å². The van der Waals surface area contributed by atoms with Gasteiger partial charge in [0.1, 0.15) is 16.9 Å². The van der Waals surface area contributed by atoms with E-state index in [4.69, 9.17) is 14.5 Å². The van der Waals surface area contributed by atoms with Crippen molar-refractivity contribution < 1.29 is 14.3 Å². The van der Waals surface area contributed by atoms with Gasteiger partial charge in [-0.2, -0.15) is 0 Å². The summed E-state index contributed by atoms with van der Waals surface area (Å²) < 4.78 is 16.2. The minimum atomic E-state index is 0.0449. The average molecular weight is 500 g/mol. The first kappa shape index (κ1) is 22.8. The number of imidazole rings is 1. The Morgan fingerprint density at radius 2 is 2.08 bits per heavy atom. The first-order valence-electron chi connectivity index (χ1n) is 13.5. The monoisotopic (exact) mass is 499 g/mol. The number of aromatic nitrogens is 4. The molecule has 0 bridgehead atoms. The summed E-state index contributed by atoms with van der Waals surface area (Å²) in [7, 11) is 3.68. The molecule has 7 rings (SSSR count). The van der Waals surface area contributed by atoms with Gasteiger partial charge in [0.2, 0.25) is 0 Å². The van der Waals surface area contributed by atoms with Crippen LogP contribution in [0.15, 0.2) is 36.5 Å². The van der Waals surface area contributed by atoms with Crippen molar-refractivity contribution in [1.29, 1.82) is 0 Å². The number of methoxy groups -OCH3 is 1. The first-order valence-corrected chi connectivity index (χ1v) is 13.5. The topological polar surface area (TPSA) is 74.4 Å². The number of likely N-dealkylation sites (tertiary alicyclic amines) is 1. The van der Waals surface area contributed by atoms with E-state index in [1.165, 1.54) is 12.8 Å². The molecule has 2 atom stereocenters. The fourth-order valence-corrected chi connectivity index (χ4v) is 6.29. The highest BCUT2D eigenvalue weighted by Gasteiger charge is 2.34. The number of amides is 1. The average Bonchev–Trinajstić information content (AvgIpc) is 3.60. The van der Waals surface area contributed by atoms with Crippen molar-refractivity contribution in [1.82, 2.24) is 24.0 Å². The minimum absolute atomic E-state index is 0.0449. The molecule has 3 fully saturated rings. The number of hydrogen-bond donors (Lipinski definition) is 0. The molecule has 3 aromatic heterocycles. The van der Waals surface area contributed by atoms with E-state index in [0.29, 0.717) is 29.3 Å². The third kappa shape index (κ3) is 3.89. The normalized spacial score (nSPS) is 21.9. The zero-order chi connectivity index (χ0) is 25.1. The molecule has 2 aliphatic heterocycles. The second-order valence-corrected chi connectivity index (χ2v) is 10.9. The van der Waals surface area contributed by atoms with Crippen LogP contribution in [0, 0.1) is 11.8 Å². The van der Waals surface area contributed by atoms with Crippen molar-refractivity contribution in [2.24, 2.45) is 18.9 Å². The molecule has 0 unspecified atom stereocenters. The molecule has 8 nitrogen and oxygen atoms in total. The van der Waals surface area contributed by atoms with Crippen LogP contribution in [-0.4, -0.2) is 62.8 Å². The predicted molar refractivity (Wildman–Crippen MR) is 142 cm³/mol. The van der Waals surface area contributed by atoms with Gasteiger partial charge in [0.05, 0.1) is 24.4 Å². The van der Waals surface area contributed by atoms with Crippen molar-refractivity contribution in [3.05, 3.63) is 42.1 Å². The van der Waals surface area contributed by atoms with E-state index in [9.17, 15) is 4.79 Å². The summed E-state index contributed by atoms with van der Waals surface area (Å²) in [6.45, 7) is 3.27. The smallest absolute Gasteiger partial charge is 0.254 e. The Labute approximate surface area is 216 Å². The Hall–Kier alpha value is -3.39. The van der Waals surface area contributed by atoms with E-state index in [1.807, 2.05) is 36.3 Å². The second-order valence-electron chi connectivity index (χ2n) is 10.9. The molecule has 0 spiro atoms. The number of aryl methyl sites for hydroxylation is 1. The molecule has 0 radical (unpaired) electrons. The van der Waals surface area contributed by atoms with Crippen molar-refractivity contribution in [2.45, 2.75) is 44.8 Å². The standard InChI is InChI=1S/C29H33N5O3/c1-32-26-22(31-28(32)23-14-19-5-3-10-30-27(19)34(23)16-18-7-8-18)13-21(15-25(26)36-2)29(35)33-11-9-24-20(17-33)6-4-12-37-24/h3,5,10,13-15,18,20,24H,4,6-9,11-12,16-17H2,1-2H3/t20-,24+/m1/s1. The zero-order valence-corrected chi connectivity index (χ0v) is 21.5. The maximum Gasteiger partial charge on any atom is 0.254 e. The van der Waals surface area contributed by atoms with Crippen LogP contribution in [0.1, 0.15) is 42.5 Å². The minimum Gasteiger partial charge on any atom is -0.494 e. The summed E-state index contributed by atoms with van der Waals surface area (Å²) >= 11 is 0. The highest BCUT2D eigenvalue weighted by molar-refractivity contribution is 6.00. The molecular formula is C29H33N5O3. The summed E-state index contributed by atoms with van der Waals surface area (Å²) in [5.41, 5.74) is 4.34. The third-order valence-corrected chi connectivity index (χ3v) is 8.43. The molecule has 37 heavy (non-hydrogen) atoms. The lowest BCUT2D eigenvalue weighted by Gasteiger charge is -2.41. The van der Waals surface area contributed by atoms with E-state index < -0.39 is 0 Å². The van der Waals surface area contributed by atoms with Crippen LogP contribution in [0.25, 0.3) is 33.6 Å². The number of rotatable bonds is 5. The van der Waals surface area contributed by atoms with E-state index in [2.05, 4.69) is 26.3 Å². The number of piperidine rings is 1. The van der Waals surface area contributed by atoms with Crippen LogP contribution in [0.5, 0.6) is 5.75 Å². The van der Waals surface area contributed by atoms with Gasteiger partial charge < -0.3 is 23.5 Å². The van der Waals surface area contributed by atoms with Crippen LogP contribution in [-0.2, 0) is 18.3 Å². The first-order chi connectivity index (χ1) is 18.1. The Bertz CT molecular complexity index is 1500. The SMILES string of the molecule is COc1cc(C(=O)N2CC[C@@H]3OCCC[C@@H]3C2)cc2nc(-c3cc4cccnc4n3CC3CC3)n(C)c12. The molecule has 3 aliphatic rings. The van der Waals surface area contributed by atoms with E-state index >= 15 is 0 Å². The van der Waals surface area contributed by atoms with E-state index in [-0.39, 0.29) is 5.91 Å². The summed E-state index contributed by atoms with van der Waals surface area (Å²) in [5.74, 6) is 2.70. The van der Waals surface area contributed by atoms with Crippen LogP contribution in [0.4, 0.5) is 0 Å². The molecule has 5 heterocycles. The number of carbonyl (C=O) groups is 1. The molecule has 1 aliphatic carbocycles. The van der Waals surface area contributed by atoms with E-state index in [1.54, 1.807) is 7.11 Å². The van der Waals surface area contributed by atoms with Crippen LogP contribution >= 0.6 is 0 Å². The lowest BCUT2D eigenvalue weighted by Crippen LogP contribution is -2.48. The molecule has 2 saturated heterocycles. The van der Waals surface area contributed by atoms with Crippen LogP contribution < -0.4 is 4.74 Å². The number of carbonyl (C=O) groups excluding carboxylic acids is 1. The fraction of sp³-hybridized carbons (Fsp3) is 0.483. The highest BCUT2D eigenvalue weighted by Crippen LogP contribution is 2.38. The number of benzene rings is 1. The van der Waals surface area contributed by atoms with Gasteiger partial charge in [-0.05, 0) is 68.4 Å². The van der Waals surface area contributed by atoms with Gasteiger partial charge >= 0.3 is 0 Å². The quantitative estimate of drug-likeness (QED) is 0.400. The summed E-state index contributed by atoms with van der Waals surface area (Å²) in [4.78, 5) is 25.4. The third-order valence-electron chi connectivity index (χ3n) is 8.43. The van der Waals surface area contributed by atoms with Crippen molar-refractivity contribution in [2.75, 3.05) is 26.8 Å². The lowest BCUT2D eigenvalue weighted by atomic mass is 9.88. The largest absolute Gasteiger partial charge is 0.494 e. The number of pyridine rings is 1. The van der Waals surface area contributed by atoms with Crippen molar-refractivity contribution in [3.63, 3.8) is 0 Å². The second kappa shape index (κ2) is 8.87. The van der Waals surface area contributed by atoms with Gasteiger partial charge in [-0.3, -0.25) is 4.79 Å². The maximum atomic E-state index is 13.6. The van der Waals surface area contributed by atoms with Gasteiger partial charge in [-0.25, -0.2) is 9.97 Å². The summed E-state index contributed by atoms with van der Waals surface area (Å²) in [6, 6.07) is 10.1. The Morgan fingerprint density at radius 1 is 1.19 bits per heavy atom. The predicted octanol–water partition coefficient (Wildman–Crippen LogP) is 4.65. The molecular weight excluding hydrogens is 466 g/mol. The number of ether oxygens (including phenoxy) is 2.